The number of hydrogen-bond acceptors (Lipinski definition) is 3. The predicted octanol–water partition coefficient (Wildman–Crippen LogP) is 1.81. The Morgan fingerprint density at radius 1 is 1.59 bits per heavy atom. The number of hydrogen-bond donors (Lipinski definition) is 2. The number of carbonyl (C=O) groups is 1. The van der Waals surface area contributed by atoms with Crippen LogP contribution in [0.3, 0.4) is 0 Å². The Morgan fingerprint density at radius 2 is 2.35 bits per heavy atom. The molecule has 1 fully saturated rings. The lowest BCUT2D eigenvalue weighted by atomic mass is 9.99. The Balaban J connectivity index is 2.15. The maximum absolute atomic E-state index is 12.1. The highest BCUT2D eigenvalue weighted by atomic mass is 79.9. The summed E-state index contributed by atoms with van der Waals surface area (Å²) in [6.45, 7) is 2.77. The van der Waals surface area contributed by atoms with E-state index in [-0.39, 0.29) is 12.5 Å². The topological polar surface area (TPSA) is 64.4 Å². The van der Waals surface area contributed by atoms with Crippen molar-refractivity contribution in [1.82, 2.24) is 0 Å². The first-order valence-electron chi connectivity index (χ1n) is 5.45. The minimum Gasteiger partial charge on any atom is -0.379 e. The second-order valence-electron chi connectivity index (χ2n) is 4.37. The Morgan fingerprint density at radius 3 is 3.00 bits per heavy atom. The van der Waals surface area contributed by atoms with Crippen molar-refractivity contribution < 1.29 is 9.53 Å². The van der Waals surface area contributed by atoms with Gasteiger partial charge >= 0.3 is 0 Å². The minimum atomic E-state index is -0.894. The van der Waals surface area contributed by atoms with E-state index >= 15 is 0 Å². The molecule has 1 aromatic carbocycles. The predicted molar refractivity (Wildman–Crippen MR) is 69.9 cm³/mol. The first-order chi connectivity index (χ1) is 8.01. The zero-order valence-electron chi connectivity index (χ0n) is 9.63. The highest BCUT2D eigenvalue weighted by Gasteiger charge is 2.38. The molecular weight excluding hydrogens is 284 g/mol. The molecule has 1 atom stereocenters. The molecule has 17 heavy (non-hydrogen) atoms. The zero-order valence-corrected chi connectivity index (χ0v) is 11.2. The highest BCUT2D eigenvalue weighted by molar-refractivity contribution is 9.10. The molecule has 1 amide bonds. The number of ether oxygens (including phenoxy) is 1. The van der Waals surface area contributed by atoms with E-state index in [1.54, 1.807) is 0 Å². The van der Waals surface area contributed by atoms with Crippen LogP contribution < -0.4 is 11.1 Å². The molecule has 4 nitrogen and oxygen atoms in total. The highest BCUT2D eigenvalue weighted by Crippen LogP contribution is 2.23. The maximum atomic E-state index is 12.1. The Kier molecular flexibility index (Phi) is 3.51. The summed E-state index contributed by atoms with van der Waals surface area (Å²) in [5, 5.41) is 2.86. The minimum absolute atomic E-state index is 0.184. The molecule has 0 aromatic heterocycles. The number of nitrogens with two attached hydrogens (primary N) is 1. The quantitative estimate of drug-likeness (QED) is 0.875. The van der Waals surface area contributed by atoms with Crippen molar-refractivity contribution in [1.29, 1.82) is 0 Å². The third-order valence-corrected chi connectivity index (χ3v) is 3.45. The number of halogens is 1. The standard InChI is InChI=1S/C12H15BrN2O2/c1-8-2-3-9(13)6-10(8)15-11(16)12(14)4-5-17-7-12/h2-3,6H,4-5,7,14H2,1H3,(H,15,16). The monoisotopic (exact) mass is 298 g/mol. The third-order valence-electron chi connectivity index (χ3n) is 2.95. The third kappa shape index (κ3) is 2.68. The van der Waals surface area contributed by atoms with Crippen LogP contribution in [0.2, 0.25) is 0 Å². The van der Waals surface area contributed by atoms with Gasteiger partial charge in [0.2, 0.25) is 5.91 Å². The summed E-state index contributed by atoms with van der Waals surface area (Å²) in [5.74, 6) is -0.184. The first-order valence-corrected chi connectivity index (χ1v) is 6.25. The van der Waals surface area contributed by atoms with E-state index in [4.69, 9.17) is 10.5 Å². The van der Waals surface area contributed by atoms with E-state index in [1.807, 2.05) is 25.1 Å². The van der Waals surface area contributed by atoms with Crippen molar-refractivity contribution >= 4 is 27.5 Å². The average Bonchev–Trinajstić information content (AvgIpc) is 2.72. The van der Waals surface area contributed by atoms with Crippen LogP contribution in [0.25, 0.3) is 0 Å². The summed E-state index contributed by atoms with van der Waals surface area (Å²) in [4.78, 5) is 12.1. The molecule has 1 aliphatic heterocycles. The maximum Gasteiger partial charge on any atom is 0.246 e. The molecule has 0 bridgehead atoms. The first kappa shape index (κ1) is 12.5. The van der Waals surface area contributed by atoms with Crippen molar-refractivity contribution in [3.8, 4) is 0 Å². The lowest BCUT2D eigenvalue weighted by Crippen LogP contribution is -2.51. The fourth-order valence-corrected chi connectivity index (χ4v) is 2.10. The van der Waals surface area contributed by atoms with Gasteiger partial charge in [0.1, 0.15) is 5.54 Å². The Labute approximate surface area is 109 Å². The molecular formula is C12H15BrN2O2. The van der Waals surface area contributed by atoms with Gasteiger partial charge in [-0.15, -0.1) is 0 Å². The van der Waals surface area contributed by atoms with Crippen LogP contribution in [0.4, 0.5) is 5.69 Å². The number of carbonyl (C=O) groups excluding carboxylic acids is 1. The van der Waals surface area contributed by atoms with Crippen molar-refractivity contribution in [3.63, 3.8) is 0 Å². The Bertz CT molecular complexity index is 442. The summed E-state index contributed by atoms with van der Waals surface area (Å²) in [5.41, 5.74) is 6.88. The van der Waals surface area contributed by atoms with Gasteiger partial charge in [-0.05, 0) is 31.0 Å². The van der Waals surface area contributed by atoms with Crippen LogP contribution in [-0.4, -0.2) is 24.7 Å². The summed E-state index contributed by atoms with van der Waals surface area (Å²) >= 11 is 3.38. The molecule has 0 saturated carbocycles. The number of benzene rings is 1. The summed E-state index contributed by atoms with van der Waals surface area (Å²) in [7, 11) is 0. The molecule has 1 aromatic rings. The molecule has 0 aliphatic carbocycles. The molecule has 1 heterocycles. The van der Waals surface area contributed by atoms with Crippen molar-refractivity contribution in [2.75, 3.05) is 18.5 Å². The molecule has 0 radical (unpaired) electrons. The van der Waals surface area contributed by atoms with Crippen molar-refractivity contribution in [2.45, 2.75) is 18.9 Å². The molecule has 0 spiro atoms. The van der Waals surface area contributed by atoms with Crippen LogP contribution in [0, 0.1) is 6.92 Å². The molecule has 1 unspecified atom stereocenters. The lowest BCUT2D eigenvalue weighted by Gasteiger charge is -2.21. The van der Waals surface area contributed by atoms with E-state index < -0.39 is 5.54 Å². The van der Waals surface area contributed by atoms with Crippen LogP contribution in [0.1, 0.15) is 12.0 Å². The summed E-state index contributed by atoms with van der Waals surface area (Å²) < 4.78 is 6.10. The molecule has 92 valence electrons. The number of aryl methyl sites for hydroxylation is 1. The number of rotatable bonds is 2. The smallest absolute Gasteiger partial charge is 0.246 e. The van der Waals surface area contributed by atoms with Gasteiger partial charge in [0.25, 0.3) is 0 Å². The van der Waals surface area contributed by atoms with Crippen LogP contribution in [0.5, 0.6) is 0 Å². The van der Waals surface area contributed by atoms with E-state index in [1.165, 1.54) is 0 Å². The van der Waals surface area contributed by atoms with Crippen molar-refractivity contribution in [3.05, 3.63) is 28.2 Å². The van der Waals surface area contributed by atoms with E-state index in [9.17, 15) is 4.79 Å². The average molecular weight is 299 g/mol. The normalized spacial score (nSPS) is 23.7. The fraction of sp³-hybridized carbons (Fsp3) is 0.417. The molecule has 1 saturated heterocycles. The van der Waals surface area contributed by atoms with E-state index in [2.05, 4.69) is 21.2 Å². The van der Waals surface area contributed by atoms with Gasteiger partial charge in [-0.1, -0.05) is 22.0 Å². The summed E-state index contributed by atoms with van der Waals surface area (Å²) in [6.07, 6.45) is 0.561. The fourth-order valence-electron chi connectivity index (χ4n) is 1.74. The van der Waals surface area contributed by atoms with Crippen LogP contribution in [0.15, 0.2) is 22.7 Å². The zero-order chi connectivity index (χ0) is 12.5. The van der Waals surface area contributed by atoms with Crippen LogP contribution in [-0.2, 0) is 9.53 Å². The van der Waals surface area contributed by atoms with E-state index in [0.29, 0.717) is 13.0 Å². The largest absolute Gasteiger partial charge is 0.379 e. The lowest BCUT2D eigenvalue weighted by molar-refractivity contribution is -0.121. The van der Waals surface area contributed by atoms with Gasteiger partial charge in [0.15, 0.2) is 0 Å². The number of nitrogens with one attached hydrogen (secondary N) is 1. The van der Waals surface area contributed by atoms with Gasteiger partial charge in [0.05, 0.1) is 6.61 Å². The summed E-state index contributed by atoms with van der Waals surface area (Å²) in [6, 6.07) is 5.74. The number of anilines is 1. The second-order valence-corrected chi connectivity index (χ2v) is 5.29. The van der Waals surface area contributed by atoms with Crippen molar-refractivity contribution in [2.24, 2.45) is 5.73 Å². The molecule has 1 aliphatic rings. The second kappa shape index (κ2) is 4.76. The van der Waals surface area contributed by atoms with Gasteiger partial charge in [-0.25, -0.2) is 0 Å². The molecule has 3 N–H and O–H groups in total. The molecule has 2 rings (SSSR count). The van der Waals surface area contributed by atoms with Crippen LogP contribution >= 0.6 is 15.9 Å². The van der Waals surface area contributed by atoms with Gasteiger partial charge in [-0.2, -0.15) is 0 Å². The van der Waals surface area contributed by atoms with Gasteiger partial charge in [-0.3, -0.25) is 4.79 Å². The SMILES string of the molecule is Cc1ccc(Br)cc1NC(=O)C1(N)CCOC1. The van der Waals surface area contributed by atoms with Gasteiger partial charge < -0.3 is 15.8 Å². The van der Waals surface area contributed by atoms with Gasteiger partial charge in [0, 0.05) is 16.8 Å². The molecule has 5 heteroatoms. The Hall–Kier alpha value is -0.910. The number of amides is 1. The van der Waals surface area contributed by atoms with E-state index in [0.717, 1.165) is 15.7 Å².